The largest absolute Gasteiger partial charge is 0.490 e. The number of halogens is 2. The minimum atomic E-state index is -0.279. The van der Waals surface area contributed by atoms with Crippen LogP contribution in [0.5, 0.6) is 11.5 Å². The molecule has 5 nitrogen and oxygen atoms in total. The Bertz CT molecular complexity index is 977. The highest BCUT2D eigenvalue weighted by Gasteiger charge is 2.33. The summed E-state index contributed by atoms with van der Waals surface area (Å²) in [5.41, 5.74) is 1.54. The second-order valence-corrected chi connectivity index (χ2v) is 7.93. The summed E-state index contributed by atoms with van der Waals surface area (Å²) in [7, 11) is 0. The first-order chi connectivity index (χ1) is 13.9. The van der Waals surface area contributed by atoms with E-state index in [1.165, 1.54) is 4.90 Å². The molecule has 0 spiro atoms. The number of imide groups is 1. The second kappa shape index (κ2) is 9.57. The maximum absolute atomic E-state index is 12.3. The molecule has 1 heterocycles. The summed E-state index contributed by atoms with van der Waals surface area (Å²) in [6.45, 7) is 4.70. The van der Waals surface area contributed by atoms with Crippen LogP contribution in [0.3, 0.4) is 0 Å². The lowest BCUT2D eigenvalue weighted by Crippen LogP contribution is -2.27. The predicted molar refractivity (Wildman–Crippen MR) is 117 cm³/mol. The standard InChI is InChI=1S/C21H19Cl2NO4S/c1-3-24-20(25)19(29-21(24)26)10-13-5-8-17(18(9-13)27-4-2)28-12-14-6-7-15(22)11-16(14)23/h5-11H,3-4,12H2,1-2H3/b19-10+. The molecular weight excluding hydrogens is 433 g/mol. The fourth-order valence-corrected chi connectivity index (χ4v) is 4.09. The van der Waals surface area contributed by atoms with Crippen molar-refractivity contribution in [3.63, 3.8) is 0 Å². The van der Waals surface area contributed by atoms with E-state index in [4.69, 9.17) is 32.7 Å². The number of carbonyl (C=O) groups is 2. The van der Waals surface area contributed by atoms with Gasteiger partial charge < -0.3 is 9.47 Å². The van der Waals surface area contributed by atoms with Gasteiger partial charge in [-0.1, -0.05) is 35.3 Å². The number of likely N-dealkylation sites (N-methyl/N-ethyl adjacent to an activating group) is 1. The van der Waals surface area contributed by atoms with Crippen LogP contribution < -0.4 is 9.47 Å². The van der Waals surface area contributed by atoms with Gasteiger partial charge in [0, 0.05) is 22.2 Å². The van der Waals surface area contributed by atoms with E-state index >= 15 is 0 Å². The number of thioether (sulfide) groups is 1. The Labute approximate surface area is 183 Å². The Balaban J connectivity index is 1.81. The Hall–Kier alpha value is -2.15. The summed E-state index contributed by atoms with van der Waals surface area (Å²) < 4.78 is 11.6. The van der Waals surface area contributed by atoms with Gasteiger partial charge in [0.05, 0.1) is 11.5 Å². The van der Waals surface area contributed by atoms with E-state index in [1.54, 1.807) is 43.3 Å². The molecule has 0 N–H and O–H groups in total. The summed E-state index contributed by atoms with van der Waals surface area (Å²) in [6, 6.07) is 10.6. The first kappa shape index (κ1) is 21.6. The fraction of sp³-hybridized carbons (Fsp3) is 0.238. The predicted octanol–water partition coefficient (Wildman–Crippen LogP) is 6.03. The van der Waals surface area contributed by atoms with E-state index in [0.29, 0.717) is 39.6 Å². The van der Waals surface area contributed by atoms with Crippen LogP contribution in [0.25, 0.3) is 6.08 Å². The molecule has 2 aromatic carbocycles. The van der Waals surface area contributed by atoms with Gasteiger partial charge in [0.15, 0.2) is 11.5 Å². The summed E-state index contributed by atoms with van der Waals surface area (Å²) >= 11 is 13.1. The van der Waals surface area contributed by atoms with Gasteiger partial charge in [-0.2, -0.15) is 0 Å². The van der Waals surface area contributed by atoms with Gasteiger partial charge in [-0.15, -0.1) is 0 Å². The zero-order valence-electron chi connectivity index (χ0n) is 15.9. The first-order valence-corrected chi connectivity index (χ1v) is 10.6. The molecule has 1 aliphatic rings. The molecule has 0 aliphatic carbocycles. The van der Waals surface area contributed by atoms with Gasteiger partial charge in [0.1, 0.15) is 6.61 Å². The molecule has 0 aromatic heterocycles. The Morgan fingerprint density at radius 3 is 2.48 bits per heavy atom. The molecule has 2 aromatic rings. The van der Waals surface area contributed by atoms with Crippen molar-refractivity contribution in [1.82, 2.24) is 4.90 Å². The van der Waals surface area contributed by atoms with Crippen molar-refractivity contribution in [3.8, 4) is 11.5 Å². The highest BCUT2D eigenvalue weighted by molar-refractivity contribution is 8.18. The Morgan fingerprint density at radius 1 is 1.03 bits per heavy atom. The molecule has 29 heavy (non-hydrogen) atoms. The van der Waals surface area contributed by atoms with Gasteiger partial charge in [-0.3, -0.25) is 14.5 Å². The van der Waals surface area contributed by atoms with Crippen LogP contribution in [-0.4, -0.2) is 29.2 Å². The highest BCUT2D eigenvalue weighted by Crippen LogP contribution is 2.35. The smallest absolute Gasteiger partial charge is 0.293 e. The number of carbonyl (C=O) groups excluding carboxylic acids is 2. The molecule has 0 bridgehead atoms. The van der Waals surface area contributed by atoms with E-state index in [0.717, 1.165) is 22.9 Å². The maximum atomic E-state index is 12.3. The van der Waals surface area contributed by atoms with Crippen molar-refractivity contribution in [2.24, 2.45) is 0 Å². The molecule has 0 saturated carbocycles. The van der Waals surface area contributed by atoms with Gasteiger partial charge in [-0.05, 0) is 61.5 Å². The lowest BCUT2D eigenvalue weighted by molar-refractivity contribution is -0.122. The zero-order valence-corrected chi connectivity index (χ0v) is 18.2. The highest BCUT2D eigenvalue weighted by atomic mass is 35.5. The SMILES string of the molecule is CCOc1cc(/C=C2/SC(=O)N(CC)C2=O)ccc1OCc1ccc(Cl)cc1Cl. The summed E-state index contributed by atoms with van der Waals surface area (Å²) in [5, 5.41) is 0.831. The fourth-order valence-electron chi connectivity index (χ4n) is 2.72. The van der Waals surface area contributed by atoms with Crippen LogP contribution in [-0.2, 0) is 11.4 Å². The summed E-state index contributed by atoms with van der Waals surface area (Å²) in [6.07, 6.45) is 1.68. The van der Waals surface area contributed by atoms with E-state index in [2.05, 4.69) is 0 Å². The topological polar surface area (TPSA) is 55.8 Å². The average Bonchev–Trinajstić information content (AvgIpc) is 2.95. The molecule has 0 unspecified atom stereocenters. The molecule has 1 saturated heterocycles. The Morgan fingerprint density at radius 2 is 1.83 bits per heavy atom. The minimum absolute atomic E-state index is 0.255. The molecule has 8 heteroatoms. The number of ether oxygens (including phenoxy) is 2. The van der Waals surface area contributed by atoms with Gasteiger partial charge >= 0.3 is 0 Å². The van der Waals surface area contributed by atoms with Crippen molar-refractivity contribution >= 4 is 52.2 Å². The van der Waals surface area contributed by atoms with Crippen molar-refractivity contribution in [3.05, 3.63) is 62.5 Å². The molecule has 3 rings (SSSR count). The van der Waals surface area contributed by atoms with Crippen LogP contribution in [0.4, 0.5) is 4.79 Å². The van der Waals surface area contributed by atoms with E-state index in [-0.39, 0.29) is 17.8 Å². The number of amides is 2. The number of hydrogen-bond acceptors (Lipinski definition) is 5. The van der Waals surface area contributed by atoms with Crippen molar-refractivity contribution in [2.45, 2.75) is 20.5 Å². The lowest BCUT2D eigenvalue weighted by atomic mass is 10.1. The van der Waals surface area contributed by atoms with Crippen molar-refractivity contribution in [2.75, 3.05) is 13.2 Å². The number of hydrogen-bond donors (Lipinski definition) is 0. The summed E-state index contributed by atoms with van der Waals surface area (Å²) in [5.74, 6) is 0.816. The Kier molecular flexibility index (Phi) is 7.11. The number of rotatable bonds is 7. The lowest BCUT2D eigenvalue weighted by Gasteiger charge is -2.13. The molecule has 1 aliphatic heterocycles. The van der Waals surface area contributed by atoms with Crippen LogP contribution in [0.1, 0.15) is 25.0 Å². The third kappa shape index (κ3) is 5.07. The number of benzene rings is 2. The second-order valence-electron chi connectivity index (χ2n) is 6.09. The van der Waals surface area contributed by atoms with Crippen molar-refractivity contribution < 1.29 is 19.1 Å². The van der Waals surface area contributed by atoms with Crippen LogP contribution in [0.15, 0.2) is 41.3 Å². The van der Waals surface area contributed by atoms with E-state index in [1.807, 2.05) is 13.0 Å². The van der Waals surface area contributed by atoms with E-state index < -0.39 is 0 Å². The van der Waals surface area contributed by atoms with E-state index in [9.17, 15) is 9.59 Å². The van der Waals surface area contributed by atoms with Crippen LogP contribution in [0, 0.1) is 0 Å². The molecule has 152 valence electrons. The van der Waals surface area contributed by atoms with Crippen LogP contribution >= 0.6 is 35.0 Å². The van der Waals surface area contributed by atoms with Gasteiger partial charge in [0.25, 0.3) is 11.1 Å². The molecular formula is C21H19Cl2NO4S. The zero-order chi connectivity index (χ0) is 21.0. The first-order valence-electron chi connectivity index (χ1n) is 9.01. The van der Waals surface area contributed by atoms with Gasteiger partial charge in [-0.25, -0.2) is 0 Å². The average molecular weight is 452 g/mol. The normalized spacial score (nSPS) is 15.3. The van der Waals surface area contributed by atoms with Gasteiger partial charge in [0.2, 0.25) is 0 Å². The third-order valence-electron chi connectivity index (χ3n) is 4.15. The molecule has 2 amide bonds. The number of nitrogens with zero attached hydrogens (tertiary/aromatic N) is 1. The molecule has 0 radical (unpaired) electrons. The third-order valence-corrected chi connectivity index (χ3v) is 5.65. The van der Waals surface area contributed by atoms with Crippen LogP contribution in [0.2, 0.25) is 10.0 Å². The maximum Gasteiger partial charge on any atom is 0.293 e. The molecule has 0 atom stereocenters. The quantitative estimate of drug-likeness (QED) is 0.481. The molecule has 1 fully saturated rings. The van der Waals surface area contributed by atoms with Crippen molar-refractivity contribution in [1.29, 1.82) is 0 Å². The summed E-state index contributed by atoms with van der Waals surface area (Å²) in [4.78, 5) is 25.8. The monoisotopic (exact) mass is 451 g/mol. The minimum Gasteiger partial charge on any atom is -0.490 e.